The molecule has 1 aliphatic heterocycles. The molecule has 3 nitrogen and oxygen atoms in total. The average Bonchev–Trinajstić information content (AvgIpc) is 2.79. The van der Waals surface area contributed by atoms with E-state index in [-0.39, 0.29) is 11.6 Å². The van der Waals surface area contributed by atoms with Gasteiger partial charge in [0.1, 0.15) is 17.5 Å². The summed E-state index contributed by atoms with van der Waals surface area (Å²) in [6, 6.07) is 23.6. The second kappa shape index (κ2) is 8.44. The van der Waals surface area contributed by atoms with E-state index < -0.39 is 0 Å². The Balaban J connectivity index is 1.37. The van der Waals surface area contributed by atoms with Crippen LogP contribution in [0.25, 0.3) is 22.0 Å². The number of benzene rings is 3. The highest BCUT2D eigenvalue weighted by Crippen LogP contribution is 2.31. The summed E-state index contributed by atoms with van der Waals surface area (Å²) in [5.41, 5.74) is 3.18. The van der Waals surface area contributed by atoms with Gasteiger partial charge in [-0.1, -0.05) is 48.5 Å². The molecule has 1 aromatic heterocycles. The van der Waals surface area contributed by atoms with Crippen molar-refractivity contribution >= 4 is 16.7 Å². The van der Waals surface area contributed by atoms with Crippen molar-refractivity contribution in [1.29, 1.82) is 0 Å². The van der Waals surface area contributed by atoms with Crippen molar-refractivity contribution in [2.24, 2.45) is 0 Å². The van der Waals surface area contributed by atoms with E-state index in [0.717, 1.165) is 60.6 Å². The van der Waals surface area contributed by atoms with Gasteiger partial charge in [-0.15, -0.1) is 0 Å². The van der Waals surface area contributed by atoms with Gasteiger partial charge in [-0.05, 0) is 35.9 Å². The first-order valence-corrected chi connectivity index (χ1v) is 10.5. The highest BCUT2D eigenvalue weighted by Gasteiger charge is 2.19. The minimum Gasteiger partial charge on any atom is -0.354 e. The van der Waals surface area contributed by atoms with E-state index in [2.05, 4.69) is 15.9 Å². The molecule has 2 heterocycles. The lowest BCUT2D eigenvalue weighted by Crippen LogP contribution is -2.46. The van der Waals surface area contributed by atoms with Crippen molar-refractivity contribution in [3.63, 3.8) is 0 Å². The minimum absolute atomic E-state index is 0.192. The Kier molecular flexibility index (Phi) is 5.35. The molecule has 0 amide bonds. The molecule has 0 N–H and O–H groups in total. The van der Waals surface area contributed by atoms with Crippen molar-refractivity contribution in [3.8, 4) is 11.1 Å². The molecular formula is C26H23F2N3. The number of hydrogen-bond acceptors (Lipinski definition) is 3. The first kappa shape index (κ1) is 19.6. The van der Waals surface area contributed by atoms with Gasteiger partial charge in [0.15, 0.2) is 0 Å². The summed E-state index contributed by atoms with van der Waals surface area (Å²) in [6.07, 6.45) is 0. The number of aromatic nitrogens is 1. The zero-order chi connectivity index (χ0) is 21.2. The lowest BCUT2D eigenvalue weighted by molar-refractivity contribution is 0.249. The molecule has 1 aliphatic rings. The number of pyridine rings is 1. The lowest BCUT2D eigenvalue weighted by atomic mass is 10.0. The Morgan fingerprint density at radius 3 is 2.32 bits per heavy atom. The van der Waals surface area contributed by atoms with E-state index in [9.17, 15) is 8.78 Å². The molecule has 5 heteroatoms. The molecule has 4 aromatic rings. The first-order chi connectivity index (χ1) is 15.2. The molecule has 0 aliphatic carbocycles. The van der Waals surface area contributed by atoms with Gasteiger partial charge in [-0.3, -0.25) is 4.90 Å². The van der Waals surface area contributed by atoms with Crippen LogP contribution < -0.4 is 4.90 Å². The molecule has 3 aromatic carbocycles. The second-order valence-electron chi connectivity index (χ2n) is 7.92. The van der Waals surface area contributed by atoms with Crippen molar-refractivity contribution in [3.05, 3.63) is 96.1 Å². The average molecular weight is 415 g/mol. The Morgan fingerprint density at radius 1 is 0.742 bits per heavy atom. The summed E-state index contributed by atoms with van der Waals surface area (Å²) in [5, 5.41) is 0.995. The van der Waals surface area contributed by atoms with Crippen LogP contribution >= 0.6 is 0 Å². The molecule has 1 fully saturated rings. The molecule has 0 atom stereocenters. The number of hydrogen-bond donors (Lipinski definition) is 0. The Bertz CT molecular complexity index is 1220. The fourth-order valence-corrected chi connectivity index (χ4v) is 4.24. The van der Waals surface area contributed by atoms with E-state index >= 15 is 0 Å². The Morgan fingerprint density at radius 2 is 1.52 bits per heavy atom. The molecular weight excluding hydrogens is 392 g/mol. The zero-order valence-corrected chi connectivity index (χ0v) is 17.1. The number of rotatable bonds is 4. The molecule has 5 rings (SSSR count). The largest absolute Gasteiger partial charge is 0.354 e. The van der Waals surface area contributed by atoms with Gasteiger partial charge in [0, 0.05) is 49.2 Å². The standard InChI is InChI=1S/C26H23F2N3/c27-21-7-3-5-19(17-21)18-30-13-15-31(16-14-30)25-12-11-20-6-4-9-23(26(20)29-25)22-8-1-2-10-24(22)28/h1-12,17H,13-16,18H2. The lowest BCUT2D eigenvalue weighted by Gasteiger charge is -2.35. The molecule has 1 saturated heterocycles. The Hall–Kier alpha value is -3.31. The first-order valence-electron chi connectivity index (χ1n) is 10.5. The number of fused-ring (bicyclic) bond motifs is 1. The van der Waals surface area contributed by atoms with Gasteiger partial charge in [-0.25, -0.2) is 13.8 Å². The van der Waals surface area contributed by atoms with E-state index in [0.29, 0.717) is 5.56 Å². The van der Waals surface area contributed by atoms with Crippen LogP contribution in [0.4, 0.5) is 14.6 Å². The maximum atomic E-state index is 14.4. The van der Waals surface area contributed by atoms with Crippen LogP contribution in [0.1, 0.15) is 5.56 Å². The van der Waals surface area contributed by atoms with Crippen LogP contribution in [0.2, 0.25) is 0 Å². The van der Waals surface area contributed by atoms with Crippen molar-refractivity contribution in [1.82, 2.24) is 9.88 Å². The summed E-state index contributed by atoms with van der Waals surface area (Å²) >= 11 is 0. The van der Waals surface area contributed by atoms with Crippen LogP contribution in [0.15, 0.2) is 78.9 Å². The van der Waals surface area contributed by atoms with Crippen LogP contribution in [0.3, 0.4) is 0 Å². The third-order valence-electron chi connectivity index (χ3n) is 5.86. The highest BCUT2D eigenvalue weighted by molar-refractivity contribution is 5.94. The summed E-state index contributed by atoms with van der Waals surface area (Å²) in [6.45, 7) is 4.19. The van der Waals surface area contributed by atoms with Crippen LogP contribution in [-0.2, 0) is 6.54 Å². The van der Waals surface area contributed by atoms with Crippen LogP contribution in [0, 0.1) is 11.6 Å². The second-order valence-corrected chi connectivity index (χ2v) is 7.92. The maximum absolute atomic E-state index is 14.4. The van der Waals surface area contributed by atoms with E-state index in [4.69, 9.17) is 4.98 Å². The summed E-state index contributed by atoms with van der Waals surface area (Å²) in [4.78, 5) is 9.52. The Labute approximate surface area is 180 Å². The third kappa shape index (κ3) is 4.14. The molecule has 0 radical (unpaired) electrons. The van der Waals surface area contributed by atoms with Gasteiger partial charge in [-0.2, -0.15) is 0 Å². The smallest absolute Gasteiger partial charge is 0.131 e. The number of piperazine rings is 1. The molecule has 156 valence electrons. The summed E-state index contributed by atoms with van der Waals surface area (Å²) in [7, 11) is 0. The minimum atomic E-state index is -0.242. The summed E-state index contributed by atoms with van der Waals surface area (Å²) in [5.74, 6) is 0.469. The summed E-state index contributed by atoms with van der Waals surface area (Å²) < 4.78 is 27.9. The molecule has 31 heavy (non-hydrogen) atoms. The molecule has 0 spiro atoms. The fourth-order valence-electron chi connectivity index (χ4n) is 4.24. The van der Waals surface area contributed by atoms with Crippen LogP contribution in [0.5, 0.6) is 0 Å². The van der Waals surface area contributed by atoms with Gasteiger partial charge < -0.3 is 4.90 Å². The molecule has 0 saturated carbocycles. The van der Waals surface area contributed by atoms with Crippen molar-refractivity contribution < 1.29 is 8.78 Å². The maximum Gasteiger partial charge on any atom is 0.131 e. The topological polar surface area (TPSA) is 19.4 Å². The monoisotopic (exact) mass is 415 g/mol. The molecule has 0 bridgehead atoms. The number of anilines is 1. The van der Waals surface area contributed by atoms with Gasteiger partial charge in [0.25, 0.3) is 0 Å². The predicted molar refractivity (Wildman–Crippen MR) is 121 cm³/mol. The predicted octanol–water partition coefficient (Wildman–Crippen LogP) is 5.50. The number of nitrogens with zero attached hydrogens (tertiary/aromatic N) is 3. The zero-order valence-electron chi connectivity index (χ0n) is 17.1. The van der Waals surface area contributed by atoms with E-state index in [1.54, 1.807) is 24.3 Å². The molecule has 0 unspecified atom stereocenters. The van der Waals surface area contributed by atoms with Gasteiger partial charge >= 0.3 is 0 Å². The number of para-hydroxylation sites is 1. The fraction of sp³-hybridized carbons (Fsp3) is 0.192. The van der Waals surface area contributed by atoms with Crippen LogP contribution in [-0.4, -0.2) is 36.1 Å². The quantitative estimate of drug-likeness (QED) is 0.439. The SMILES string of the molecule is Fc1cccc(CN2CCN(c3ccc4cccc(-c5ccccc5F)c4n3)CC2)c1. The van der Waals surface area contributed by atoms with Crippen molar-refractivity contribution in [2.75, 3.05) is 31.1 Å². The van der Waals surface area contributed by atoms with Gasteiger partial charge in [0.2, 0.25) is 0 Å². The number of halogens is 2. The van der Waals surface area contributed by atoms with E-state index in [1.165, 1.54) is 12.1 Å². The van der Waals surface area contributed by atoms with Gasteiger partial charge in [0.05, 0.1) is 5.52 Å². The van der Waals surface area contributed by atoms with E-state index in [1.807, 2.05) is 36.4 Å². The van der Waals surface area contributed by atoms with Crippen molar-refractivity contribution in [2.45, 2.75) is 6.54 Å². The normalized spacial score (nSPS) is 14.8. The third-order valence-corrected chi connectivity index (χ3v) is 5.86. The highest BCUT2D eigenvalue weighted by atomic mass is 19.1.